The molecular formula is C33H25Cl2N2+. The van der Waals surface area contributed by atoms with Crippen LogP contribution in [-0.2, 0) is 14.1 Å². The minimum Gasteiger partial charge on any atom is -0.226 e. The van der Waals surface area contributed by atoms with E-state index in [1.807, 2.05) is 30.3 Å². The first-order valence-electron chi connectivity index (χ1n) is 12.2. The normalized spacial score (nSPS) is 11.2. The number of fused-ring (bicyclic) bond motifs is 1. The highest BCUT2D eigenvalue weighted by Crippen LogP contribution is 2.43. The molecule has 0 atom stereocenters. The Morgan fingerprint density at radius 2 is 1.08 bits per heavy atom. The zero-order valence-electron chi connectivity index (χ0n) is 20.6. The summed E-state index contributed by atoms with van der Waals surface area (Å²) in [5.74, 6) is 1.12. The zero-order chi connectivity index (χ0) is 25.5. The molecule has 0 amide bonds. The van der Waals surface area contributed by atoms with E-state index in [1.54, 1.807) is 0 Å². The second kappa shape index (κ2) is 9.55. The fraction of sp³-hybridized carbons (Fsp3) is 0.0606. The SMILES string of the molecule is Cn1c(-c2c(-c3ccc(Cl)cc3)cc(-c3ccccc3)cc2-c2ccc(Cl)cc2)[n+](C)c2ccccc21. The first kappa shape index (κ1) is 23.5. The summed E-state index contributed by atoms with van der Waals surface area (Å²) in [5.41, 5.74) is 10.3. The molecule has 5 aromatic carbocycles. The van der Waals surface area contributed by atoms with Crippen molar-refractivity contribution in [1.82, 2.24) is 4.57 Å². The van der Waals surface area contributed by atoms with E-state index >= 15 is 0 Å². The van der Waals surface area contributed by atoms with E-state index in [-0.39, 0.29) is 0 Å². The van der Waals surface area contributed by atoms with Gasteiger partial charge in [-0.05, 0) is 81.9 Å². The van der Waals surface area contributed by atoms with Gasteiger partial charge in [0, 0.05) is 10.0 Å². The summed E-state index contributed by atoms with van der Waals surface area (Å²) in [6.07, 6.45) is 0. The molecule has 0 radical (unpaired) electrons. The number of hydrogen-bond donors (Lipinski definition) is 0. The quantitative estimate of drug-likeness (QED) is 0.205. The predicted octanol–water partition coefficient (Wildman–Crippen LogP) is 8.98. The summed E-state index contributed by atoms with van der Waals surface area (Å²) in [5, 5.41) is 1.44. The second-order valence-corrected chi connectivity index (χ2v) is 10.1. The van der Waals surface area contributed by atoms with Crippen LogP contribution in [0, 0.1) is 0 Å². The maximum absolute atomic E-state index is 6.31. The van der Waals surface area contributed by atoms with Crippen molar-refractivity contribution in [1.29, 1.82) is 0 Å². The molecule has 180 valence electrons. The van der Waals surface area contributed by atoms with Crippen LogP contribution in [0.1, 0.15) is 0 Å². The van der Waals surface area contributed by atoms with Gasteiger partial charge in [0.2, 0.25) is 0 Å². The van der Waals surface area contributed by atoms with Crippen molar-refractivity contribution in [3.8, 4) is 44.8 Å². The van der Waals surface area contributed by atoms with Crippen LogP contribution in [0.2, 0.25) is 10.0 Å². The topological polar surface area (TPSA) is 8.81 Å². The molecule has 0 aliphatic heterocycles. The third-order valence-electron chi connectivity index (χ3n) is 7.02. The van der Waals surface area contributed by atoms with Gasteiger partial charge < -0.3 is 0 Å². The van der Waals surface area contributed by atoms with Crippen LogP contribution < -0.4 is 4.57 Å². The molecule has 0 spiro atoms. The number of para-hydroxylation sites is 2. The molecule has 0 N–H and O–H groups in total. The summed E-state index contributed by atoms with van der Waals surface area (Å²) in [4.78, 5) is 0. The van der Waals surface area contributed by atoms with E-state index in [1.165, 1.54) is 16.6 Å². The van der Waals surface area contributed by atoms with Gasteiger partial charge in [-0.3, -0.25) is 0 Å². The number of hydrogen-bond acceptors (Lipinski definition) is 0. The molecule has 1 aromatic heterocycles. The van der Waals surface area contributed by atoms with Gasteiger partial charge >= 0.3 is 0 Å². The maximum Gasteiger partial charge on any atom is 0.290 e. The molecule has 0 bridgehead atoms. The largest absolute Gasteiger partial charge is 0.290 e. The Morgan fingerprint density at radius 3 is 1.62 bits per heavy atom. The van der Waals surface area contributed by atoms with E-state index in [4.69, 9.17) is 23.2 Å². The van der Waals surface area contributed by atoms with Crippen molar-refractivity contribution in [2.45, 2.75) is 0 Å². The molecule has 0 saturated carbocycles. The van der Waals surface area contributed by atoms with Crippen LogP contribution in [-0.4, -0.2) is 4.57 Å². The number of benzene rings is 5. The van der Waals surface area contributed by atoms with Gasteiger partial charge in [-0.1, -0.05) is 89.9 Å². The Morgan fingerprint density at radius 1 is 0.568 bits per heavy atom. The molecule has 1 heterocycles. The average Bonchev–Trinajstić information content (AvgIpc) is 3.19. The molecule has 0 saturated heterocycles. The van der Waals surface area contributed by atoms with Crippen molar-refractivity contribution in [2.24, 2.45) is 14.1 Å². The van der Waals surface area contributed by atoms with Gasteiger partial charge in [0.25, 0.3) is 5.82 Å². The van der Waals surface area contributed by atoms with Gasteiger partial charge in [0.1, 0.15) is 0 Å². The minimum absolute atomic E-state index is 0.720. The lowest BCUT2D eigenvalue weighted by molar-refractivity contribution is -0.634. The van der Waals surface area contributed by atoms with E-state index < -0.39 is 0 Å². The molecule has 0 unspecified atom stereocenters. The average molecular weight is 520 g/mol. The highest BCUT2D eigenvalue weighted by molar-refractivity contribution is 6.31. The van der Waals surface area contributed by atoms with Crippen LogP contribution in [0.5, 0.6) is 0 Å². The molecule has 37 heavy (non-hydrogen) atoms. The molecule has 2 nitrogen and oxygen atoms in total. The minimum atomic E-state index is 0.720. The number of aromatic nitrogens is 2. The third-order valence-corrected chi connectivity index (χ3v) is 7.52. The first-order chi connectivity index (χ1) is 18.0. The lowest BCUT2D eigenvalue weighted by Gasteiger charge is -2.17. The molecule has 6 aromatic rings. The van der Waals surface area contributed by atoms with E-state index in [0.717, 1.165) is 49.3 Å². The highest BCUT2D eigenvalue weighted by atomic mass is 35.5. The summed E-state index contributed by atoms with van der Waals surface area (Å²) in [6, 6.07) is 39.9. The van der Waals surface area contributed by atoms with E-state index in [2.05, 4.69) is 108 Å². The van der Waals surface area contributed by atoms with Crippen LogP contribution in [0.25, 0.3) is 55.8 Å². The highest BCUT2D eigenvalue weighted by Gasteiger charge is 2.28. The van der Waals surface area contributed by atoms with Crippen LogP contribution >= 0.6 is 23.2 Å². The Balaban J connectivity index is 1.77. The number of halogens is 2. The van der Waals surface area contributed by atoms with E-state index in [9.17, 15) is 0 Å². The van der Waals surface area contributed by atoms with Crippen LogP contribution in [0.3, 0.4) is 0 Å². The smallest absolute Gasteiger partial charge is 0.226 e. The lowest BCUT2D eigenvalue weighted by atomic mass is 9.87. The monoisotopic (exact) mass is 519 g/mol. The molecule has 0 aliphatic rings. The molecule has 4 heteroatoms. The summed E-state index contributed by atoms with van der Waals surface area (Å²) < 4.78 is 4.57. The fourth-order valence-corrected chi connectivity index (χ4v) is 5.47. The fourth-order valence-electron chi connectivity index (χ4n) is 5.21. The predicted molar refractivity (Wildman–Crippen MR) is 156 cm³/mol. The number of imidazole rings is 1. The molecule has 0 fully saturated rings. The van der Waals surface area contributed by atoms with E-state index in [0.29, 0.717) is 0 Å². The summed E-state index contributed by atoms with van der Waals surface area (Å²) in [7, 11) is 4.28. The van der Waals surface area contributed by atoms with Gasteiger partial charge in [-0.2, -0.15) is 0 Å². The Labute approximate surface area is 227 Å². The maximum atomic E-state index is 6.31. The zero-order valence-corrected chi connectivity index (χ0v) is 22.1. The number of nitrogens with zero attached hydrogens (tertiary/aromatic N) is 2. The Kier molecular flexibility index (Phi) is 6.08. The van der Waals surface area contributed by atoms with Crippen molar-refractivity contribution >= 4 is 34.2 Å². The third kappa shape index (κ3) is 4.23. The van der Waals surface area contributed by atoms with Crippen molar-refractivity contribution in [2.75, 3.05) is 0 Å². The van der Waals surface area contributed by atoms with Crippen LogP contribution in [0.15, 0.2) is 115 Å². The molecule has 0 aliphatic carbocycles. The number of aryl methyl sites for hydroxylation is 2. The number of rotatable bonds is 4. The first-order valence-corrected chi connectivity index (χ1v) is 13.0. The Bertz CT molecular complexity index is 1630. The van der Waals surface area contributed by atoms with Crippen LogP contribution in [0.4, 0.5) is 0 Å². The van der Waals surface area contributed by atoms with Crippen molar-refractivity contribution in [3.63, 3.8) is 0 Å². The van der Waals surface area contributed by atoms with Crippen molar-refractivity contribution < 1.29 is 4.57 Å². The summed E-state index contributed by atoms with van der Waals surface area (Å²) in [6.45, 7) is 0. The molecular weight excluding hydrogens is 495 g/mol. The van der Waals surface area contributed by atoms with Gasteiger partial charge in [0.15, 0.2) is 11.0 Å². The van der Waals surface area contributed by atoms with Gasteiger partial charge in [0.05, 0.1) is 19.7 Å². The van der Waals surface area contributed by atoms with Gasteiger partial charge in [-0.15, -0.1) is 0 Å². The standard InChI is InChI=1S/C33H25Cl2N2/c1-36-30-10-6-7-11-31(30)37(2)33(36)32-28(23-12-16-26(34)17-13-23)20-25(22-8-4-3-5-9-22)21-29(32)24-14-18-27(35)19-15-24/h3-21H,1-2H3/q+1. The second-order valence-electron chi connectivity index (χ2n) is 9.26. The summed E-state index contributed by atoms with van der Waals surface area (Å²) >= 11 is 12.6. The van der Waals surface area contributed by atoms with Crippen molar-refractivity contribution in [3.05, 3.63) is 125 Å². The lowest BCUT2D eigenvalue weighted by Crippen LogP contribution is -2.30. The molecule has 6 rings (SSSR count). The Hall–Kier alpha value is -3.85. The van der Waals surface area contributed by atoms with Gasteiger partial charge in [-0.25, -0.2) is 9.13 Å².